The molecule has 0 saturated carbocycles. The summed E-state index contributed by atoms with van der Waals surface area (Å²) in [5, 5.41) is 15.3. The zero-order chi connectivity index (χ0) is 19.1. The molecule has 0 aromatic heterocycles. The average molecular weight is 372 g/mol. The highest BCUT2D eigenvalue weighted by Gasteiger charge is 2.27. The molecule has 0 spiro atoms. The maximum Gasteiger partial charge on any atom is 0.269 e. The number of halogens is 1. The third-order valence-corrected chi connectivity index (χ3v) is 4.17. The number of oxime groups is 1. The van der Waals surface area contributed by atoms with E-state index in [0.717, 1.165) is 5.56 Å². The Morgan fingerprint density at radius 1 is 1.30 bits per heavy atom. The first kappa shape index (κ1) is 19.0. The molecule has 1 aliphatic heterocycles. The molecule has 0 bridgehead atoms. The molecule has 2 N–H and O–H groups in total. The van der Waals surface area contributed by atoms with Crippen LogP contribution in [0.5, 0.6) is 0 Å². The van der Waals surface area contributed by atoms with Crippen LogP contribution < -0.4 is 5.32 Å². The summed E-state index contributed by atoms with van der Waals surface area (Å²) in [5.41, 5.74) is 2.31. The van der Waals surface area contributed by atoms with Crippen LogP contribution in [0, 0.1) is 5.82 Å². The van der Waals surface area contributed by atoms with Crippen molar-refractivity contribution in [2.75, 3.05) is 13.2 Å². The molecule has 1 aliphatic rings. The summed E-state index contributed by atoms with van der Waals surface area (Å²) in [6, 6.07) is 14.3. The number of nitrogens with one attached hydrogen (secondary N) is 1. The summed E-state index contributed by atoms with van der Waals surface area (Å²) in [6.45, 7) is 0.326. The number of rotatable bonds is 8. The van der Waals surface area contributed by atoms with Crippen molar-refractivity contribution in [2.45, 2.75) is 25.7 Å². The van der Waals surface area contributed by atoms with E-state index in [9.17, 15) is 9.18 Å². The van der Waals surface area contributed by atoms with Crippen molar-refractivity contribution in [3.05, 3.63) is 71.0 Å². The Bertz CT molecular complexity index is 811. The standard InChI is InChI=1S/C20H21FN2O4/c21-17-10-14(6-7-16(17)13-26-9-8-24)12-22-20(25)18-11-19(27-23-18)15-4-2-1-3-5-15/h1-7,10,19,24H,8-9,11-13H2,(H,22,25)/t19-/m1/s1. The fourth-order valence-corrected chi connectivity index (χ4v) is 2.71. The second-order valence-electron chi connectivity index (χ2n) is 6.13. The van der Waals surface area contributed by atoms with Crippen molar-refractivity contribution in [3.63, 3.8) is 0 Å². The highest BCUT2D eigenvalue weighted by molar-refractivity contribution is 6.39. The van der Waals surface area contributed by atoms with Crippen molar-refractivity contribution >= 4 is 11.6 Å². The maximum absolute atomic E-state index is 14.0. The first-order chi connectivity index (χ1) is 13.2. The zero-order valence-corrected chi connectivity index (χ0v) is 14.7. The van der Waals surface area contributed by atoms with Crippen LogP contribution in [0.1, 0.15) is 29.2 Å². The molecular weight excluding hydrogens is 351 g/mol. The van der Waals surface area contributed by atoms with Gasteiger partial charge >= 0.3 is 0 Å². The van der Waals surface area contributed by atoms with Gasteiger partial charge in [-0.2, -0.15) is 0 Å². The second kappa shape index (κ2) is 9.25. The molecule has 27 heavy (non-hydrogen) atoms. The fourth-order valence-electron chi connectivity index (χ4n) is 2.71. The molecule has 1 atom stereocenters. The number of ether oxygens (including phenoxy) is 1. The lowest BCUT2D eigenvalue weighted by Gasteiger charge is -2.09. The molecule has 0 saturated heterocycles. The van der Waals surface area contributed by atoms with Gasteiger partial charge in [-0.3, -0.25) is 4.79 Å². The number of carbonyl (C=O) groups excluding carboxylic acids is 1. The Balaban J connectivity index is 1.50. The summed E-state index contributed by atoms with van der Waals surface area (Å²) in [7, 11) is 0. The molecule has 6 nitrogen and oxygen atoms in total. The lowest BCUT2D eigenvalue weighted by Crippen LogP contribution is -2.30. The highest BCUT2D eigenvalue weighted by atomic mass is 19.1. The van der Waals surface area contributed by atoms with Crippen molar-refractivity contribution in [1.82, 2.24) is 5.32 Å². The Morgan fingerprint density at radius 2 is 2.11 bits per heavy atom. The van der Waals surface area contributed by atoms with E-state index in [1.807, 2.05) is 30.3 Å². The Morgan fingerprint density at radius 3 is 2.85 bits per heavy atom. The molecule has 1 heterocycles. The minimum absolute atomic E-state index is 0.0913. The number of nitrogens with zero attached hydrogens (tertiary/aromatic N) is 1. The van der Waals surface area contributed by atoms with E-state index in [1.165, 1.54) is 6.07 Å². The predicted molar refractivity (Wildman–Crippen MR) is 97.3 cm³/mol. The molecule has 2 aromatic carbocycles. The van der Waals surface area contributed by atoms with E-state index in [4.69, 9.17) is 14.7 Å². The molecule has 0 unspecified atom stereocenters. The Labute approximate surface area is 156 Å². The number of hydrogen-bond donors (Lipinski definition) is 2. The summed E-state index contributed by atoms with van der Waals surface area (Å²) < 4.78 is 19.2. The number of carbonyl (C=O) groups is 1. The van der Waals surface area contributed by atoms with Crippen molar-refractivity contribution in [1.29, 1.82) is 0 Å². The molecule has 0 fully saturated rings. The minimum atomic E-state index is -0.412. The van der Waals surface area contributed by atoms with Crippen LogP contribution in [-0.2, 0) is 27.5 Å². The van der Waals surface area contributed by atoms with Gasteiger partial charge in [0.1, 0.15) is 11.5 Å². The Kier molecular flexibility index (Phi) is 6.51. The first-order valence-corrected chi connectivity index (χ1v) is 8.69. The monoisotopic (exact) mass is 372 g/mol. The molecule has 1 amide bonds. The molecule has 142 valence electrons. The number of hydrogen-bond acceptors (Lipinski definition) is 5. The number of aliphatic hydroxyl groups is 1. The van der Waals surface area contributed by atoms with Crippen LogP contribution in [0.2, 0.25) is 0 Å². The van der Waals surface area contributed by atoms with Gasteiger partial charge < -0.3 is 20.0 Å². The molecule has 0 radical (unpaired) electrons. The Hall–Kier alpha value is -2.77. The van der Waals surface area contributed by atoms with E-state index in [2.05, 4.69) is 10.5 Å². The van der Waals surface area contributed by atoms with Gasteiger partial charge in [0.05, 0.1) is 19.8 Å². The van der Waals surface area contributed by atoms with Crippen LogP contribution in [0.25, 0.3) is 0 Å². The van der Waals surface area contributed by atoms with E-state index >= 15 is 0 Å². The third-order valence-electron chi connectivity index (χ3n) is 4.17. The van der Waals surface area contributed by atoms with Crippen molar-refractivity contribution in [2.24, 2.45) is 5.16 Å². The first-order valence-electron chi connectivity index (χ1n) is 8.69. The summed E-state index contributed by atoms with van der Waals surface area (Å²) >= 11 is 0. The zero-order valence-electron chi connectivity index (χ0n) is 14.7. The van der Waals surface area contributed by atoms with Gasteiger partial charge in [0.15, 0.2) is 6.10 Å². The third kappa shape index (κ3) is 5.12. The SMILES string of the molecule is O=C(NCc1ccc(COCCO)c(F)c1)C1=NO[C@@H](c2ccccc2)C1. The molecule has 7 heteroatoms. The van der Waals surface area contributed by atoms with Gasteiger partial charge in [-0.1, -0.05) is 47.6 Å². The quantitative estimate of drug-likeness (QED) is 0.698. The van der Waals surface area contributed by atoms with Gasteiger partial charge in [0.2, 0.25) is 0 Å². The van der Waals surface area contributed by atoms with Gasteiger partial charge in [-0.05, 0) is 17.2 Å². The van der Waals surface area contributed by atoms with Gasteiger partial charge in [0.25, 0.3) is 5.91 Å². The topological polar surface area (TPSA) is 80.2 Å². The van der Waals surface area contributed by atoms with Crippen molar-refractivity contribution < 1.29 is 23.9 Å². The lowest BCUT2D eigenvalue weighted by atomic mass is 10.0. The maximum atomic E-state index is 14.0. The molecule has 0 aliphatic carbocycles. The van der Waals surface area contributed by atoms with E-state index in [1.54, 1.807) is 12.1 Å². The number of aliphatic hydroxyl groups excluding tert-OH is 1. The lowest BCUT2D eigenvalue weighted by molar-refractivity contribution is -0.115. The minimum Gasteiger partial charge on any atom is -0.394 e. The van der Waals surface area contributed by atoms with Gasteiger partial charge in [-0.15, -0.1) is 0 Å². The normalized spacial score (nSPS) is 15.9. The number of benzene rings is 2. The van der Waals surface area contributed by atoms with Crippen LogP contribution >= 0.6 is 0 Å². The highest BCUT2D eigenvalue weighted by Crippen LogP contribution is 2.26. The van der Waals surface area contributed by atoms with Gasteiger partial charge in [0, 0.05) is 18.5 Å². The average Bonchev–Trinajstić information content (AvgIpc) is 3.19. The van der Waals surface area contributed by atoms with Gasteiger partial charge in [-0.25, -0.2) is 4.39 Å². The fraction of sp³-hybridized carbons (Fsp3) is 0.300. The molecular formula is C20H21FN2O4. The van der Waals surface area contributed by atoms with E-state index in [0.29, 0.717) is 23.3 Å². The summed E-state index contributed by atoms with van der Waals surface area (Å²) in [5.74, 6) is -0.741. The largest absolute Gasteiger partial charge is 0.394 e. The number of amides is 1. The van der Waals surface area contributed by atoms with E-state index < -0.39 is 5.82 Å². The van der Waals surface area contributed by atoms with Crippen molar-refractivity contribution in [3.8, 4) is 0 Å². The second-order valence-corrected chi connectivity index (χ2v) is 6.13. The van der Waals surface area contributed by atoms with Crippen LogP contribution in [0.15, 0.2) is 53.7 Å². The van der Waals surface area contributed by atoms with Crippen LogP contribution in [0.4, 0.5) is 4.39 Å². The molecule has 2 aromatic rings. The predicted octanol–water partition coefficient (Wildman–Crippen LogP) is 2.47. The molecule has 3 rings (SSSR count). The summed E-state index contributed by atoms with van der Waals surface area (Å²) in [4.78, 5) is 17.6. The smallest absolute Gasteiger partial charge is 0.269 e. The van der Waals surface area contributed by atoms with Crippen LogP contribution in [0.3, 0.4) is 0 Å². The summed E-state index contributed by atoms with van der Waals surface area (Å²) in [6.07, 6.45) is 0.133. The van der Waals surface area contributed by atoms with Crippen LogP contribution in [-0.4, -0.2) is 29.9 Å². The van der Waals surface area contributed by atoms with E-state index in [-0.39, 0.29) is 38.4 Å².